The molecule has 0 spiro atoms. The van der Waals surface area contributed by atoms with Crippen molar-refractivity contribution in [3.8, 4) is 5.75 Å². The standard InChI is InChI=1S/C14H13FN2O4S/c1-21-12-6-2-10(3-7-12)16-14(18)17-11-4-8-13(9-5-11)22(15,19)20/h2-9H,1H3,(H2,16,17,18). The van der Waals surface area contributed by atoms with E-state index in [-0.39, 0.29) is 0 Å². The number of hydrogen-bond acceptors (Lipinski definition) is 4. The second-order valence-corrected chi connectivity index (χ2v) is 5.62. The third-order valence-electron chi connectivity index (χ3n) is 2.74. The maximum atomic E-state index is 12.7. The van der Waals surface area contributed by atoms with Crippen LogP contribution in [-0.4, -0.2) is 21.6 Å². The highest BCUT2D eigenvalue weighted by atomic mass is 32.3. The number of rotatable bonds is 4. The SMILES string of the molecule is COc1ccc(NC(=O)Nc2ccc(S(=O)(=O)F)cc2)cc1. The fourth-order valence-electron chi connectivity index (χ4n) is 1.67. The van der Waals surface area contributed by atoms with Crippen molar-refractivity contribution in [2.75, 3.05) is 17.7 Å². The van der Waals surface area contributed by atoms with Crippen molar-refractivity contribution in [2.24, 2.45) is 0 Å². The molecule has 2 aromatic carbocycles. The molecule has 8 heteroatoms. The van der Waals surface area contributed by atoms with Gasteiger partial charge in [-0.15, -0.1) is 3.89 Å². The molecule has 0 aromatic heterocycles. The topological polar surface area (TPSA) is 84.5 Å². The van der Waals surface area contributed by atoms with E-state index < -0.39 is 21.1 Å². The summed E-state index contributed by atoms with van der Waals surface area (Å²) in [7, 11) is -3.21. The Hall–Kier alpha value is -2.61. The van der Waals surface area contributed by atoms with Crippen LogP contribution in [0.4, 0.5) is 20.1 Å². The van der Waals surface area contributed by atoms with Crippen LogP contribution in [0.15, 0.2) is 53.4 Å². The second kappa shape index (κ2) is 6.44. The van der Waals surface area contributed by atoms with Crippen molar-refractivity contribution in [1.29, 1.82) is 0 Å². The smallest absolute Gasteiger partial charge is 0.332 e. The number of anilines is 2. The van der Waals surface area contributed by atoms with Crippen LogP contribution in [0.1, 0.15) is 0 Å². The van der Waals surface area contributed by atoms with Gasteiger partial charge in [0.05, 0.1) is 12.0 Å². The van der Waals surface area contributed by atoms with Gasteiger partial charge in [-0.2, -0.15) is 8.42 Å². The van der Waals surface area contributed by atoms with E-state index in [9.17, 15) is 17.1 Å². The Labute approximate surface area is 127 Å². The molecular weight excluding hydrogens is 311 g/mol. The summed E-state index contributed by atoms with van der Waals surface area (Å²) in [4.78, 5) is 11.3. The molecule has 2 amide bonds. The summed E-state index contributed by atoms with van der Waals surface area (Å²) < 4.78 is 39.1. The molecule has 0 bridgehead atoms. The summed E-state index contributed by atoms with van der Waals surface area (Å²) in [5, 5.41) is 5.09. The highest BCUT2D eigenvalue weighted by molar-refractivity contribution is 7.86. The molecule has 0 radical (unpaired) electrons. The number of carbonyl (C=O) groups is 1. The van der Waals surface area contributed by atoms with Crippen molar-refractivity contribution < 1.29 is 21.8 Å². The Morgan fingerprint density at radius 1 is 0.955 bits per heavy atom. The highest BCUT2D eigenvalue weighted by Crippen LogP contribution is 2.17. The minimum absolute atomic E-state index is 0.332. The first-order valence-corrected chi connectivity index (χ1v) is 7.53. The zero-order chi connectivity index (χ0) is 16.2. The number of methoxy groups -OCH3 is 1. The molecule has 2 aromatic rings. The normalized spacial score (nSPS) is 10.8. The van der Waals surface area contributed by atoms with Gasteiger partial charge < -0.3 is 15.4 Å². The summed E-state index contributed by atoms with van der Waals surface area (Å²) in [6.07, 6.45) is 0. The van der Waals surface area contributed by atoms with E-state index in [1.165, 1.54) is 19.2 Å². The van der Waals surface area contributed by atoms with Crippen LogP contribution in [0.3, 0.4) is 0 Å². The fourth-order valence-corrected chi connectivity index (χ4v) is 2.13. The lowest BCUT2D eigenvalue weighted by Gasteiger charge is -2.08. The van der Waals surface area contributed by atoms with E-state index in [4.69, 9.17) is 4.74 Å². The predicted octanol–water partition coefficient (Wildman–Crippen LogP) is 3.00. The first-order chi connectivity index (χ1) is 10.4. The molecule has 0 saturated heterocycles. The molecule has 0 aliphatic carbocycles. The quantitative estimate of drug-likeness (QED) is 0.847. The molecule has 0 unspecified atom stereocenters. The molecule has 2 N–H and O–H groups in total. The van der Waals surface area contributed by atoms with Crippen LogP contribution in [0, 0.1) is 0 Å². The Bertz CT molecular complexity index is 758. The number of halogens is 1. The molecule has 22 heavy (non-hydrogen) atoms. The van der Waals surface area contributed by atoms with Crippen molar-refractivity contribution in [2.45, 2.75) is 4.90 Å². The third kappa shape index (κ3) is 4.19. The minimum Gasteiger partial charge on any atom is -0.497 e. The lowest BCUT2D eigenvalue weighted by Crippen LogP contribution is -2.19. The van der Waals surface area contributed by atoms with Crippen LogP contribution in [0.5, 0.6) is 5.75 Å². The molecule has 0 atom stereocenters. The van der Waals surface area contributed by atoms with Gasteiger partial charge in [0.1, 0.15) is 5.75 Å². The summed E-state index contributed by atoms with van der Waals surface area (Å²) in [5.41, 5.74) is 0.889. The highest BCUT2D eigenvalue weighted by Gasteiger charge is 2.11. The Morgan fingerprint density at radius 3 is 1.82 bits per heavy atom. The predicted molar refractivity (Wildman–Crippen MR) is 80.4 cm³/mol. The average Bonchev–Trinajstić information content (AvgIpc) is 2.47. The summed E-state index contributed by atoms with van der Waals surface area (Å²) >= 11 is 0. The van der Waals surface area contributed by atoms with Crippen LogP contribution in [-0.2, 0) is 10.2 Å². The largest absolute Gasteiger partial charge is 0.497 e. The van der Waals surface area contributed by atoms with Gasteiger partial charge >= 0.3 is 16.3 Å². The van der Waals surface area contributed by atoms with Gasteiger partial charge in [0.15, 0.2) is 0 Å². The number of amides is 2. The molecule has 116 valence electrons. The minimum atomic E-state index is -4.74. The maximum absolute atomic E-state index is 12.7. The zero-order valence-electron chi connectivity index (χ0n) is 11.5. The van der Waals surface area contributed by atoms with Crippen LogP contribution in [0.2, 0.25) is 0 Å². The van der Waals surface area contributed by atoms with E-state index in [2.05, 4.69) is 10.6 Å². The molecule has 2 rings (SSSR count). The fraction of sp³-hybridized carbons (Fsp3) is 0.0714. The maximum Gasteiger partial charge on any atom is 0.332 e. The van der Waals surface area contributed by atoms with Gasteiger partial charge in [-0.05, 0) is 48.5 Å². The number of urea groups is 1. The average molecular weight is 324 g/mol. The monoisotopic (exact) mass is 324 g/mol. The van der Waals surface area contributed by atoms with Gasteiger partial charge in [-0.25, -0.2) is 4.79 Å². The van der Waals surface area contributed by atoms with Gasteiger partial charge in [0, 0.05) is 11.4 Å². The number of benzene rings is 2. The van der Waals surface area contributed by atoms with E-state index in [1.54, 1.807) is 24.3 Å². The van der Waals surface area contributed by atoms with Gasteiger partial charge in [-0.1, -0.05) is 0 Å². The van der Waals surface area contributed by atoms with E-state index in [1.807, 2.05) is 0 Å². The summed E-state index contributed by atoms with van der Waals surface area (Å²) in [6.45, 7) is 0. The number of nitrogens with one attached hydrogen (secondary N) is 2. The summed E-state index contributed by atoms with van der Waals surface area (Å²) in [5.74, 6) is 0.661. The molecule has 6 nitrogen and oxygen atoms in total. The van der Waals surface area contributed by atoms with E-state index >= 15 is 0 Å². The molecule has 0 aliphatic rings. The summed E-state index contributed by atoms with van der Waals surface area (Å²) in [6, 6.07) is 10.9. The van der Waals surface area contributed by atoms with Crippen molar-refractivity contribution in [1.82, 2.24) is 0 Å². The molecular formula is C14H13FN2O4S. The van der Waals surface area contributed by atoms with Crippen LogP contribution < -0.4 is 15.4 Å². The van der Waals surface area contributed by atoms with E-state index in [0.717, 1.165) is 12.1 Å². The Balaban J connectivity index is 1.99. The number of carbonyl (C=O) groups excluding carboxylic acids is 1. The molecule has 0 heterocycles. The number of ether oxygens (including phenoxy) is 1. The van der Waals surface area contributed by atoms with E-state index in [0.29, 0.717) is 17.1 Å². The van der Waals surface area contributed by atoms with Crippen molar-refractivity contribution in [3.05, 3.63) is 48.5 Å². The van der Waals surface area contributed by atoms with Crippen LogP contribution in [0.25, 0.3) is 0 Å². The first kappa shape index (κ1) is 15.8. The third-order valence-corrected chi connectivity index (χ3v) is 3.58. The van der Waals surface area contributed by atoms with Gasteiger partial charge in [0.2, 0.25) is 0 Å². The lowest BCUT2D eigenvalue weighted by atomic mass is 10.3. The van der Waals surface area contributed by atoms with Gasteiger partial charge in [0.25, 0.3) is 0 Å². The lowest BCUT2D eigenvalue weighted by molar-refractivity contribution is 0.262. The molecule has 0 aliphatic heterocycles. The van der Waals surface area contributed by atoms with Gasteiger partial charge in [-0.3, -0.25) is 0 Å². The zero-order valence-corrected chi connectivity index (χ0v) is 12.4. The second-order valence-electron chi connectivity index (χ2n) is 4.27. The van der Waals surface area contributed by atoms with Crippen molar-refractivity contribution >= 4 is 27.6 Å². The Kier molecular flexibility index (Phi) is 4.62. The van der Waals surface area contributed by atoms with Crippen LogP contribution >= 0.6 is 0 Å². The molecule has 0 fully saturated rings. The Morgan fingerprint density at radius 2 is 1.41 bits per heavy atom. The number of hydrogen-bond donors (Lipinski definition) is 2. The van der Waals surface area contributed by atoms with Crippen molar-refractivity contribution in [3.63, 3.8) is 0 Å². The molecule has 0 saturated carbocycles. The first-order valence-electron chi connectivity index (χ1n) is 6.15.